The molecule has 1 fully saturated rings. The lowest BCUT2D eigenvalue weighted by molar-refractivity contribution is -0.129. The van der Waals surface area contributed by atoms with Crippen molar-refractivity contribution in [2.75, 3.05) is 39.0 Å². The summed E-state index contributed by atoms with van der Waals surface area (Å²) in [5.74, 6) is 0.330. The van der Waals surface area contributed by atoms with E-state index in [0.29, 0.717) is 15.6 Å². The summed E-state index contributed by atoms with van der Waals surface area (Å²) in [7, 11) is 2.06. The Balaban J connectivity index is 1.68. The second-order valence-corrected chi connectivity index (χ2v) is 9.09. The molecule has 3 aromatic rings. The van der Waals surface area contributed by atoms with E-state index in [-0.39, 0.29) is 11.7 Å². The van der Waals surface area contributed by atoms with Crippen molar-refractivity contribution in [2.45, 2.75) is 5.03 Å². The molecular formula is C25H23ClN4OS. The highest BCUT2D eigenvalue weighted by Gasteiger charge is 2.21. The fourth-order valence-corrected chi connectivity index (χ4v) is 4.66. The molecule has 1 aromatic heterocycles. The average Bonchev–Trinajstić information content (AvgIpc) is 2.83. The molecule has 1 aliphatic rings. The molecule has 4 rings (SSSR count). The smallest absolute Gasteiger partial charge is 0.233 e. The number of nitriles is 1. The molecule has 1 amide bonds. The Labute approximate surface area is 197 Å². The molecule has 0 unspecified atom stereocenters. The van der Waals surface area contributed by atoms with Gasteiger partial charge < -0.3 is 9.80 Å². The number of pyridine rings is 1. The van der Waals surface area contributed by atoms with Gasteiger partial charge in [-0.05, 0) is 30.8 Å². The van der Waals surface area contributed by atoms with Gasteiger partial charge in [-0.3, -0.25) is 4.79 Å². The maximum Gasteiger partial charge on any atom is 0.233 e. The molecule has 162 valence electrons. The van der Waals surface area contributed by atoms with Crippen LogP contribution in [0.15, 0.2) is 65.7 Å². The lowest BCUT2D eigenvalue weighted by Gasteiger charge is -2.32. The fourth-order valence-electron chi connectivity index (χ4n) is 3.63. The quantitative estimate of drug-likeness (QED) is 0.509. The zero-order valence-electron chi connectivity index (χ0n) is 17.8. The van der Waals surface area contributed by atoms with E-state index in [2.05, 4.69) is 18.0 Å². The van der Waals surface area contributed by atoms with Gasteiger partial charge in [-0.25, -0.2) is 4.98 Å². The number of carbonyl (C=O) groups excluding carboxylic acids is 1. The number of carbonyl (C=O) groups is 1. The fraction of sp³-hybridized carbons (Fsp3) is 0.240. The van der Waals surface area contributed by atoms with Crippen molar-refractivity contribution in [3.8, 4) is 28.5 Å². The van der Waals surface area contributed by atoms with Gasteiger partial charge in [0, 0.05) is 42.3 Å². The van der Waals surface area contributed by atoms with E-state index in [9.17, 15) is 10.1 Å². The first-order chi connectivity index (χ1) is 15.5. The van der Waals surface area contributed by atoms with Crippen molar-refractivity contribution < 1.29 is 4.79 Å². The normalized spacial score (nSPS) is 14.2. The second-order valence-electron chi connectivity index (χ2n) is 7.69. The molecule has 0 saturated carbocycles. The number of thioether (sulfide) groups is 1. The molecule has 0 radical (unpaired) electrons. The summed E-state index contributed by atoms with van der Waals surface area (Å²) < 4.78 is 0. The number of hydrogen-bond donors (Lipinski definition) is 0. The van der Waals surface area contributed by atoms with Crippen LogP contribution in [-0.2, 0) is 4.79 Å². The van der Waals surface area contributed by atoms with E-state index in [4.69, 9.17) is 16.6 Å². The minimum atomic E-state index is 0.0759. The van der Waals surface area contributed by atoms with Gasteiger partial charge in [-0.2, -0.15) is 5.26 Å². The van der Waals surface area contributed by atoms with Gasteiger partial charge >= 0.3 is 0 Å². The number of rotatable bonds is 5. The van der Waals surface area contributed by atoms with Gasteiger partial charge in [-0.1, -0.05) is 65.8 Å². The Hall–Kier alpha value is -2.85. The van der Waals surface area contributed by atoms with Crippen LogP contribution in [0.1, 0.15) is 5.56 Å². The summed E-state index contributed by atoms with van der Waals surface area (Å²) in [6.07, 6.45) is 0. The molecule has 0 atom stereocenters. The molecule has 0 aliphatic carbocycles. The van der Waals surface area contributed by atoms with Gasteiger partial charge in [0.1, 0.15) is 11.1 Å². The number of halogens is 1. The zero-order chi connectivity index (χ0) is 22.5. The summed E-state index contributed by atoms with van der Waals surface area (Å²) in [6.45, 7) is 3.22. The first-order valence-corrected chi connectivity index (χ1v) is 11.8. The van der Waals surface area contributed by atoms with Crippen LogP contribution in [0.3, 0.4) is 0 Å². The van der Waals surface area contributed by atoms with Crippen LogP contribution in [0.5, 0.6) is 0 Å². The van der Waals surface area contributed by atoms with E-state index in [1.54, 1.807) is 0 Å². The summed E-state index contributed by atoms with van der Waals surface area (Å²) in [5, 5.41) is 11.2. The highest BCUT2D eigenvalue weighted by Crippen LogP contribution is 2.34. The molecule has 32 heavy (non-hydrogen) atoms. The van der Waals surface area contributed by atoms with E-state index >= 15 is 0 Å². The Bertz CT molecular complexity index is 1140. The van der Waals surface area contributed by atoms with Crippen LogP contribution >= 0.6 is 23.4 Å². The zero-order valence-corrected chi connectivity index (χ0v) is 19.4. The highest BCUT2D eigenvalue weighted by atomic mass is 35.5. The summed E-state index contributed by atoms with van der Waals surface area (Å²) in [6, 6.07) is 21.5. The molecule has 1 saturated heterocycles. The van der Waals surface area contributed by atoms with E-state index in [1.165, 1.54) is 11.8 Å². The second kappa shape index (κ2) is 10.2. The molecule has 1 aliphatic heterocycles. The molecule has 2 aromatic carbocycles. The number of hydrogen-bond acceptors (Lipinski definition) is 5. The van der Waals surface area contributed by atoms with Crippen molar-refractivity contribution in [2.24, 2.45) is 0 Å². The van der Waals surface area contributed by atoms with Gasteiger partial charge in [0.25, 0.3) is 0 Å². The monoisotopic (exact) mass is 462 g/mol. The van der Waals surface area contributed by atoms with Gasteiger partial charge in [0.2, 0.25) is 5.91 Å². The van der Waals surface area contributed by atoms with Crippen molar-refractivity contribution >= 4 is 29.3 Å². The number of piperazine rings is 1. The van der Waals surface area contributed by atoms with Gasteiger partial charge in [-0.15, -0.1) is 0 Å². The van der Waals surface area contributed by atoms with E-state index in [1.807, 2.05) is 65.6 Å². The first kappa shape index (κ1) is 22.3. The number of aromatic nitrogens is 1. The lowest BCUT2D eigenvalue weighted by Crippen LogP contribution is -2.47. The molecule has 5 nitrogen and oxygen atoms in total. The van der Waals surface area contributed by atoms with Crippen molar-refractivity contribution in [3.63, 3.8) is 0 Å². The molecule has 0 bridgehead atoms. The predicted octanol–water partition coefficient (Wildman–Crippen LogP) is 4.81. The van der Waals surface area contributed by atoms with Crippen LogP contribution in [0.2, 0.25) is 5.02 Å². The standard InChI is InChI=1S/C25H23ClN4OS/c1-29-11-13-30(14-12-29)24(31)17-32-25-22(16-27)21(18-7-9-20(26)10-8-18)15-23(28-25)19-5-3-2-4-6-19/h2-10,15H,11-14,17H2,1H3. The largest absolute Gasteiger partial charge is 0.339 e. The van der Waals surface area contributed by atoms with Gasteiger partial charge in [0.05, 0.1) is 17.0 Å². The SMILES string of the molecule is CN1CCN(C(=O)CSc2nc(-c3ccccc3)cc(-c3ccc(Cl)cc3)c2C#N)CC1. The summed E-state index contributed by atoms with van der Waals surface area (Å²) in [5.41, 5.74) is 3.87. The van der Waals surface area contributed by atoms with Crippen LogP contribution in [0.4, 0.5) is 0 Å². The predicted molar refractivity (Wildman–Crippen MR) is 130 cm³/mol. The maximum absolute atomic E-state index is 12.8. The average molecular weight is 463 g/mol. The Morgan fingerprint density at radius 3 is 2.41 bits per heavy atom. The highest BCUT2D eigenvalue weighted by molar-refractivity contribution is 8.00. The number of benzene rings is 2. The molecule has 2 heterocycles. The van der Waals surface area contributed by atoms with Crippen LogP contribution in [0.25, 0.3) is 22.4 Å². The molecule has 7 heteroatoms. The third-order valence-electron chi connectivity index (χ3n) is 5.51. The summed E-state index contributed by atoms with van der Waals surface area (Å²) >= 11 is 7.40. The van der Waals surface area contributed by atoms with E-state index < -0.39 is 0 Å². The van der Waals surface area contributed by atoms with Crippen LogP contribution < -0.4 is 0 Å². The number of amides is 1. The minimum absolute atomic E-state index is 0.0759. The number of nitrogens with zero attached hydrogens (tertiary/aromatic N) is 4. The number of likely N-dealkylation sites (N-methyl/N-ethyl adjacent to an activating group) is 1. The lowest BCUT2D eigenvalue weighted by atomic mass is 9.99. The minimum Gasteiger partial charge on any atom is -0.339 e. The topological polar surface area (TPSA) is 60.2 Å². The third kappa shape index (κ3) is 5.13. The third-order valence-corrected chi connectivity index (χ3v) is 6.72. The maximum atomic E-state index is 12.8. The first-order valence-electron chi connectivity index (χ1n) is 10.4. The van der Waals surface area contributed by atoms with Crippen LogP contribution in [0, 0.1) is 11.3 Å². The Kier molecular flexibility index (Phi) is 7.11. The van der Waals surface area contributed by atoms with Crippen molar-refractivity contribution in [1.82, 2.24) is 14.8 Å². The molecule has 0 N–H and O–H groups in total. The molecular weight excluding hydrogens is 440 g/mol. The summed E-state index contributed by atoms with van der Waals surface area (Å²) in [4.78, 5) is 21.7. The Morgan fingerprint density at radius 1 is 1.06 bits per heavy atom. The van der Waals surface area contributed by atoms with Crippen molar-refractivity contribution in [1.29, 1.82) is 5.26 Å². The van der Waals surface area contributed by atoms with Crippen LogP contribution in [-0.4, -0.2) is 59.7 Å². The Morgan fingerprint density at radius 2 is 1.75 bits per heavy atom. The molecule has 0 spiro atoms. The van der Waals surface area contributed by atoms with E-state index in [0.717, 1.165) is 48.6 Å². The van der Waals surface area contributed by atoms with Crippen molar-refractivity contribution in [3.05, 3.63) is 71.2 Å². The van der Waals surface area contributed by atoms with Gasteiger partial charge in [0.15, 0.2) is 0 Å².